The fourth-order valence-corrected chi connectivity index (χ4v) is 2.58. The van der Waals surface area contributed by atoms with Gasteiger partial charge in [0, 0.05) is 0 Å². The van der Waals surface area contributed by atoms with Crippen LogP contribution in [0.2, 0.25) is 5.02 Å². The van der Waals surface area contributed by atoms with Crippen molar-refractivity contribution < 1.29 is 12.8 Å². The summed E-state index contributed by atoms with van der Waals surface area (Å²) in [5.74, 6) is 0. The first-order valence-corrected chi connectivity index (χ1v) is 6.93. The lowest BCUT2D eigenvalue weighted by molar-refractivity contribution is 0.569. The number of sulfonamides is 1. The maximum atomic E-state index is 12.0. The lowest BCUT2D eigenvalue weighted by Crippen LogP contribution is -2.13. The van der Waals surface area contributed by atoms with Gasteiger partial charge in [0.1, 0.15) is 12.3 Å². The molecule has 2 aromatic rings. The number of halogens is 1. The number of hydrogen-bond acceptors (Lipinski definition) is 5. The Morgan fingerprint density at radius 2 is 2.21 bits per heavy atom. The zero-order valence-electron chi connectivity index (χ0n) is 9.71. The molecule has 19 heavy (non-hydrogen) atoms. The van der Waals surface area contributed by atoms with Gasteiger partial charge in [-0.15, -0.1) is 0 Å². The van der Waals surface area contributed by atoms with Crippen LogP contribution in [0, 0.1) is 18.3 Å². The molecule has 0 atom stereocenters. The third kappa shape index (κ3) is 2.86. The Kier molecular flexibility index (Phi) is 3.46. The molecular weight excluding hydrogens is 290 g/mol. The second-order valence-corrected chi connectivity index (χ2v) is 5.74. The Bertz CT molecular complexity index is 762. The number of rotatable bonds is 3. The van der Waals surface area contributed by atoms with Gasteiger partial charge in [0.2, 0.25) is 0 Å². The molecule has 1 heterocycles. The average molecular weight is 298 g/mol. The molecule has 1 N–H and O–H groups in total. The van der Waals surface area contributed by atoms with Gasteiger partial charge in [0.25, 0.3) is 10.0 Å². The van der Waals surface area contributed by atoms with Gasteiger partial charge in [-0.2, -0.15) is 10.2 Å². The molecule has 0 saturated heterocycles. The maximum Gasteiger partial charge on any atom is 0.309 e. The molecule has 0 aliphatic carbocycles. The van der Waals surface area contributed by atoms with Crippen LogP contribution in [-0.4, -0.2) is 13.4 Å². The van der Waals surface area contributed by atoms with Gasteiger partial charge in [-0.05, 0) is 25.1 Å². The molecule has 1 aromatic heterocycles. The molecule has 2 rings (SSSR count). The third-order valence-corrected chi connectivity index (χ3v) is 3.84. The van der Waals surface area contributed by atoms with Crippen LogP contribution in [0.1, 0.15) is 11.3 Å². The quantitative estimate of drug-likeness (QED) is 0.937. The highest BCUT2D eigenvalue weighted by atomic mass is 35.5. The van der Waals surface area contributed by atoms with E-state index in [1.165, 1.54) is 24.5 Å². The fraction of sp³-hybridized carbons (Fsp3) is 0.0909. The molecule has 0 unspecified atom stereocenters. The second-order valence-electron chi connectivity index (χ2n) is 3.65. The predicted octanol–water partition coefficient (Wildman–Crippen LogP) is 2.31. The minimum atomic E-state index is -3.85. The first-order valence-electron chi connectivity index (χ1n) is 5.07. The molecule has 0 aliphatic rings. The summed E-state index contributed by atoms with van der Waals surface area (Å²) in [5, 5.41) is 8.79. The molecule has 8 heteroatoms. The topological polar surface area (TPSA) is 96.0 Å². The summed E-state index contributed by atoms with van der Waals surface area (Å²) in [4.78, 5) is 3.76. The number of nitrogens with one attached hydrogen (secondary N) is 1. The van der Waals surface area contributed by atoms with E-state index in [0.717, 1.165) is 0 Å². The molecule has 0 amide bonds. The molecule has 6 nitrogen and oxygen atoms in total. The van der Waals surface area contributed by atoms with Gasteiger partial charge in [0.15, 0.2) is 0 Å². The van der Waals surface area contributed by atoms with Crippen LogP contribution < -0.4 is 4.72 Å². The van der Waals surface area contributed by atoms with Crippen LogP contribution in [0.15, 0.2) is 33.8 Å². The summed E-state index contributed by atoms with van der Waals surface area (Å²) in [7, 11) is -3.85. The summed E-state index contributed by atoms with van der Waals surface area (Å²) >= 11 is 5.79. The Morgan fingerprint density at radius 3 is 2.74 bits per heavy atom. The van der Waals surface area contributed by atoms with E-state index in [-0.39, 0.29) is 21.5 Å². The van der Waals surface area contributed by atoms with Crippen LogP contribution >= 0.6 is 11.6 Å². The second kappa shape index (κ2) is 4.91. The van der Waals surface area contributed by atoms with Crippen LogP contribution in [0.25, 0.3) is 0 Å². The molecular formula is C11H8ClN3O3S. The van der Waals surface area contributed by atoms with E-state index in [0.29, 0.717) is 5.69 Å². The Labute approximate surface area is 114 Å². The van der Waals surface area contributed by atoms with E-state index in [2.05, 4.69) is 9.71 Å². The largest absolute Gasteiger partial charge is 0.431 e. The third-order valence-electron chi connectivity index (χ3n) is 2.21. The highest BCUT2D eigenvalue weighted by Crippen LogP contribution is 2.22. The normalized spacial score (nSPS) is 11.0. The van der Waals surface area contributed by atoms with E-state index >= 15 is 0 Å². The van der Waals surface area contributed by atoms with Gasteiger partial charge < -0.3 is 4.42 Å². The summed E-state index contributed by atoms with van der Waals surface area (Å²) in [6, 6.07) is 5.53. The minimum Gasteiger partial charge on any atom is -0.431 e. The van der Waals surface area contributed by atoms with Crippen molar-refractivity contribution in [2.75, 3.05) is 4.72 Å². The van der Waals surface area contributed by atoms with Crippen molar-refractivity contribution in [3.05, 3.63) is 40.7 Å². The average Bonchev–Trinajstić information content (AvgIpc) is 2.73. The van der Waals surface area contributed by atoms with Crippen molar-refractivity contribution in [2.45, 2.75) is 11.8 Å². The van der Waals surface area contributed by atoms with Gasteiger partial charge >= 0.3 is 6.01 Å². The number of benzene rings is 1. The monoisotopic (exact) mass is 297 g/mol. The number of oxazole rings is 1. The van der Waals surface area contributed by atoms with Crippen molar-refractivity contribution in [1.29, 1.82) is 5.26 Å². The Morgan fingerprint density at radius 1 is 1.47 bits per heavy atom. The van der Waals surface area contributed by atoms with E-state index in [1.54, 1.807) is 6.92 Å². The van der Waals surface area contributed by atoms with Crippen molar-refractivity contribution in [2.24, 2.45) is 0 Å². The van der Waals surface area contributed by atoms with E-state index in [9.17, 15) is 8.42 Å². The zero-order chi connectivity index (χ0) is 14.0. The van der Waals surface area contributed by atoms with Crippen LogP contribution in [0.4, 0.5) is 6.01 Å². The number of aryl methyl sites for hydroxylation is 1. The summed E-state index contributed by atoms with van der Waals surface area (Å²) in [6.45, 7) is 1.67. The van der Waals surface area contributed by atoms with E-state index < -0.39 is 10.0 Å². The number of anilines is 1. The molecule has 1 aromatic carbocycles. The van der Waals surface area contributed by atoms with Crippen molar-refractivity contribution in [3.8, 4) is 6.07 Å². The maximum absolute atomic E-state index is 12.0. The molecule has 0 aliphatic heterocycles. The van der Waals surface area contributed by atoms with Gasteiger partial charge in [-0.3, -0.25) is 0 Å². The van der Waals surface area contributed by atoms with Crippen molar-refractivity contribution in [3.63, 3.8) is 0 Å². The van der Waals surface area contributed by atoms with E-state index in [1.807, 2.05) is 6.07 Å². The molecule has 0 radical (unpaired) electrons. The Hall–Kier alpha value is -2.04. The Balaban J connectivity index is 2.35. The van der Waals surface area contributed by atoms with E-state index in [4.69, 9.17) is 21.3 Å². The van der Waals surface area contributed by atoms with Crippen molar-refractivity contribution >= 4 is 27.6 Å². The summed E-state index contributed by atoms with van der Waals surface area (Å²) in [5.41, 5.74) is 0.753. The highest BCUT2D eigenvalue weighted by Gasteiger charge is 2.18. The zero-order valence-corrected chi connectivity index (χ0v) is 11.3. The predicted molar refractivity (Wildman–Crippen MR) is 68.2 cm³/mol. The first-order chi connectivity index (χ1) is 8.92. The van der Waals surface area contributed by atoms with Crippen LogP contribution in [0.3, 0.4) is 0 Å². The van der Waals surface area contributed by atoms with Gasteiger partial charge in [0.05, 0.1) is 21.2 Å². The number of aromatic nitrogens is 1. The molecule has 0 fully saturated rings. The summed E-state index contributed by atoms with van der Waals surface area (Å²) in [6.07, 6.45) is 1.32. The number of hydrogen-bond donors (Lipinski definition) is 1. The highest BCUT2D eigenvalue weighted by molar-refractivity contribution is 7.92. The molecule has 0 bridgehead atoms. The summed E-state index contributed by atoms with van der Waals surface area (Å²) < 4.78 is 31.1. The van der Waals surface area contributed by atoms with Crippen LogP contribution in [0.5, 0.6) is 0 Å². The van der Waals surface area contributed by atoms with Crippen molar-refractivity contribution in [1.82, 2.24) is 4.98 Å². The minimum absolute atomic E-state index is 0.0639. The molecule has 0 spiro atoms. The van der Waals surface area contributed by atoms with Gasteiger partial charge in [-0.25, -0.2) is 13.1 Å². The number of nitrogens with zero attached hydrogens (tertiary/aromatic N) is 2. The lowest BCUT2D eigenvalue weighted by Gasteiger charge is -2.05. The van der Waals surface area contributed by atoms with Crippen LogP contribution in [-0.2, 0) is 10.0 Å². The molecule has 0 saturated carbocycles. The smallest absolute Gasteiger partial charge is 0.309 e. The SMILES string of the molecule is Cc1coc(NS(=O)(=O)c2ccc(C#N)c(Cl)c2)n1. The molecule has 98 valence electrons. The lowest BCUT2D eigenvalue weighted by atomic mass is 10.2. The number of nitriles is 1. The first kappa shape index (κ1) is 13.4. The standard InChI is InChI=1S/C11H8ClN3O3S/c1-7-6-18-11(14-7)15-19(16,17)9-3-2-8(5-13)10(12)4-9/h2-4,6H,1H3,(H,14,15). The fourth-order valence-electron chi connectivity index (χ4n) is 1.33. The van der Waals surface area contributed by atoms with Gasteiger partial charge in [-0.1, -0.05) is 11.6 Å².